The molecule has 1 N–H and O–H groups in total. The molecule has 1 aromatic carbocycles. The SMILES string of the molecule is CCCNc1nc(N(C)CCOCC)c2ccccc2n1. The van der Waals surface area contributed by atoms with Gasteiger partial charge in [0.2, 0.25) is 5.95 Å². The minimum atomic E-state index is 0.689. The highest BCUT2D eigenvalue weighted by Crippen LogP contribution is 2.24. The van der Waals surface area contributed by atoms with Crippen molar-refractivity contribution < 1.29 is 4.74 Å². The fraction of sp³-hybridized carbons (Fsp3) is 0.500. The van der Waals surface area contributed by atoms with Crippen molar-refractivity contribution >= 4 is 22.7 Å². The maximum Gasteiger partial charge on any atom is 0.225 e. The van der Waals surface area contributed by atoms with E-state index in [1.54, 1.807) is 0 Å². The highest BCUT2D eigenvalue weighted by Gasteiger charge is 2.11. The van der Waals surface area contributed by atoms with Gasteiger partial charge in [-0.25, -0.2) is 4.98 Å². The first-order valence-corrected chi connectivity index (χ1v) is 7.55. The number of para-hydroxylation sites is 1. The van der Waals surface area contributed by atoms with Crippen molar-refractivity contribution in [2.45, 2.75) is 20.3 Å². The number of anilines is 2. The Morgan fingerprint density at radius 2 is 2.00 bits per heavy atom. The van der Waals surface area contributed by atoms with Crippen LogP contribution < -0.4 is 10.2 Å². The van der Waals surface area contributed by atoms with Crippen molar-refractivity contribution in [3.05, 3.63) is 24.3 Å². The van der Waals surface area contributed by atoms with Gasteiger partial charge < -0.3 is 15.0 Å². The minimum absolute atomic E-state index is 0.689. The first-order valence-electron chi connectivity index (χ1n) is 7.55. The van der Waals surface area contributed by atoms with Gasteiger partial charge in [-0.15, -0.1) is 0 Å². The molecule has 2 aromatic rings. The summed E-state index contributed by atoms with van der Waals surface area (Å²) in [4.78, 5) is 11.4. The number of nitrogens with one attached hydrogen (secondary N) is 1. The first-order chi connectivity index (χ1) is 10.3. The molecule has 0 atom stereocenters. The largest absolute Gasteiger partial charge is 0.380 e. The van der Waals surface area contributed by atoms with Gasteiger partial charge in [0.25, 0.3) is 0 Å². The van der Waals surface area contributed by atoms with Gasteiger partial charge in [0.1, 0.15) is 5.82 Å². The molecule has 0 saturated heterocycles. The number of aromatic nitrogens is 2. The Kier molecular flexibility index (Phi) is 5.75. The van der Waals surface area contributed by atoms with Gasteiger partial charge in [-0.1, -0.05) is 19.1 Å². The van der Waals surface area contributed by atoms with E-state index in [9.17, 15) is 0 Å². The number of likely N-dealkylation sites (N-methyl/N-ethyl adjacent to an activating group) is 1. The second-order valence-corrected chi connectivity index (χ2v) is 4.93. The van der Waals surface area contributed by atoms with E-state index in [1.807, 2.05) is 32.2 Å². The Balaban J connectivity index is 2.29. The molecule has 0 radical (unpaired) electrons. The molecule has 21 heavy (non-hydrogen) atoms. The van der Waals surface area contributed by atoms with Crippen LogP contribution in [0.25, 0.3) is 10.9 Å². The standard InChI is InChI=1S/C16H24N4O/c1-4-10-17-16-18-14-9-7-6-8-13(14)15(19-16)20(3)11-12-21-5-2/h6-9H,4-5,10-12H2,1-3H3,(H,17,18,19). The molecule has 0 saturated carbocycles. The number of benzene rings is 1. The summed E-state index contributed by atoms with van der Waals surface area (Å²) in [5.74, 6) is 1.63. The van der Waals surface area contributed by atoms with Gasteiger partial charge in [0.15, 0.2) is 0 Å². The highest BCUT2D eigenvalue weighted by molar-refractivity contribution is 5.90. The molecule has 0 fully saturated rings. The second kappa shape index (κ2) is 7.78. The van der Waals surface area contributed by atoms with Gasteiger partial charge in [0, 0.05) is 32.1 Å². The molecule has 0 spiro atoms. The lowest BCUT2D eigenvalue weighted by molar-refractivity contribution is 0.154. The quantitative estimate of drug-likeness (QED) is 0.757. The number of hydrogen-bond donors (Lipinski definition) is 1. The van der Waals surface area contributed by atoms with E-state index in [4.69, 9.17) is 4.74 Å². The third-order valence-corrected chi connectivity index (χ3v) is 3.25. The molecule has 0 bridgehead atoms. The average molecular weight is 288 g/mol. The normalized spacial score (nSPS) is 10.8. The third kappa shape index (κ3) is 4.04. The summed E-state index contributed by atoms with van der Waals surface area (Å²) in [6, 6.07) is 8.10. The van der Waals surface area contributed by atoms with Crippen LogP contribution in [0.15, 0.2) is 24.3 Å². The summed E-state index contributed by atoms with van der Waals surface area (Å²) in [6.07, 6.45) is 1.05. The molecule has 2 rings (SSSR count). The van der Waals surface area contributed by atoms with Crippen LogP contribution in [0.5, 0.6) is 0 Å². The number of fused-ring (bicyclic) bond motifs is 1. The van der Waals surface area contributed by atoms with Gasteiger partial charge in [0.05, 0.1) is 12.1 Å². The lowest BCUT2D eigenvalue weighted by atomic mass is 10.2. The van der Waals surface area contributed by atoms with Gasteiger partial charge in [-0.3, -0.25) is 0 Å². The summed E-state index contributed by atoms with van der Waals surface area (Å²) >= 11 is 0. The van der Waals surface area contributed by atoms with Crippen molar-refractivity contribution in [1.29, 1.82) is 0 Å². The number of rotatable bonds is 8. The van der Waals surface area contributed by atoms with Crippen LogP contribution in [0.3, 0.4) is 0 Å². The van der Waals surface area contributed by atoms with Gasteiger partial charge in [-0.2, -0.15) is 4.98 Å². The molecule has 1 heterocycles. The Bertz CT molecular complexity index is 573. The zero-order valence-electron chi connectivity index (χ0n) is 13.1. The monoisotopic (exact) mass is 288 g/mol. The Labute approximate surface area is 126 Å². The average Bonchev–Trinajstić information content (AvgIpc) is 2.52. The van der Waals surface area contributed by atoms with E-state index in [0.717, 1.165) is 42.8 Å². The van der Waals surface area contributed by atoms with Crippen molar-refractivity contribution in [2.75, 3.05) is 43.6 Å². The molecule has 0 aliphatic heterocycles. The molecule has 1 aromatic heterocycles. The van der Waals surface area contributed by atoms with Crippen LogP contribution >= 0.6 is 0 Å². The van der Waals surface area contributed by atoms with E-state index in [0.29, 0.717) is 12.6 Å². The zero-order valence-corrected chi connectivity index (χ0v) is 13.1. The maximum absolute atomic E-state index is 5.43. The van der Waals surface area contributed by atoms with Crippen LogP contribution in [-0.4, -0.2) is 43.3 Å². The lowest BCUT2D eigenvalue weighted by Crippen LogP contribution is -2.24. The summed E-state index contributed by atoms with van der Waals surface area (Å²) in [5, 5.41) is 4.34. The first kappa shape index (κ1) is 15.5. The fourth-order valence-corrected chi connectivity index (χ4v) is 2.12. The highest BCUT2D eigenvalue weighted by atomic mass is 16.5. The van der Waals surface area contributed by atoms with Gasteiger partial charge >= 0.3 is 0 Å². The van der Waals surface area contributed by atoms with Crippen molar-refractivity contribution in [2.24, 2.45) is 0 Å². The maximum atomic E-state index is 5.43. The van der Waals surface area contributed by atoms with E-state index < -0.39 is 0 Å². The second-order valence-electron chi connectivity index (χ2n) is 4.93. The third-order valence-electron chi connectivity index (χ3n) is 3.25. The molecule has 114 valence electrons. The molecule has 0 aliphatic carbocycles. The van der Waals surface area contributed by atoms with Crippen molar-refractivity contribution in [3.63, 3.8) is 0 Å². The summed E-state index contributed by atoms with van der Waals surface area (Å²) in [7, 11) is 2.04. The van der Waals surface area contributed by atoms with Gasteiger partial charge in [-0.05, 0) is 25.5 Å². The summed E-state index contributed by atoms with van der Waals surface area (Å²) in [5.41, 5.74) is 0.962. The summed E-state index contributed by atoms with van der Waals surface area (Å²) in [6.45, 7) is 7.25. The predicted molar refractivity (Wildman–Crippen MR) is 88.1 cm³/mol. The Morgan fingerprint density at radius 1 is 1.19 bits per heavy atom. The lowest BCUT2D eigenvalue weighted by Gasteiger charge is -2.20. The summed E-state index contributed by atoms with van der Waals surface area (Å²) < 4.78 is 5.43. The fourth-order valence-electron chi connectivity index (χ4n) is 2.12. The van der Waals surface area contributed by atoms with E-state index >= 15 is 0 Å². The molecule has 5 heteroatoms. The molecule has 0 aliphatic rings. The number of ether oxygens (including phenoxy) is 1. The van der Waals surface area contributed by atoms with Crippen LogP contribution in [-0.2, 0) is 4.74 Å². The van der Waals surface area contributed by atoms with Crippen molar-refractivity contribution in [3.8, 4) is 0 Å². The minimum Gasteiger partial charge on any atom is -0.380 e. The topological polar surface area (TPSA) is 50.3 Å². The number of nitrogens with zero attached hydrogens (tertiary/aromatic N) is 3. The smallest absolute Gasteiger partial charge is 0.225 e. The zero-order chi connectivity index (χ0) is 15.1. The molecular weight excluding hydrogens is 264 g/mol. The van der Waals surface area contributed by atoms with Crippen molar-refractivity contribution in [1.82, 2.24) is 9.97 Å². The van der Waals surface area contributed by atoms with E-state index in [2.05, 4.69) is 33.2 Å². The Morgan fingerprint density at radius 3 is 2.76 bits per heavy atom. The van der Waals surface area contributed by atoms with Crippen LogP contribution in [0.4, 0.5) is 11.8 Å². The molecule has 5 nitrogen and oxygen atoms in total. The van der Waals surface area contributed by atoms with E-state index in [-0.39, 0.29) is 0 Å². The molecular formula is C16H24N4O. The van der Waals surface area contributed by atoms with Crippen LogP contribution in [0, 0.1) is 0 Å². The van der Waals surface area contributed by atoms with Crippen LogP contribution in [0.2, 0.25) is 0 Å². The predicted octanol–water partition coefficient (Wildman–Crippen LogP) is 2.92. The number of hydrogen-bond acceptors (Lipinski definition) is 5. The molecule has 0 amide bonds. The van der Waals surface area contributed by atoms with Crippen LogP contribution in [0.1, 0.15) is 20.3 Å². The molecule has 0 unspecified atom stereocenters. The Hall–Kier alpha value is -1.88. The van der Waals surface area contributed by atoms with E-state index in [1.165, 1.54) is 0 Å².